The lowest BCUT2D eigenvalue weighted by Gasteiger charge is -2.19. The Hall–Kier alpha value is -8.63. The van der Waals surface area contributed by atoms with Gasteiger partial charge in [-0.1, -0.05) is 19.1 Å². The van der Waals surface area contributed by atoms with Crippen molar-refractivity contribution in [2.75, 3.05) is 44.5 Å². The van der Waals surface area contributed by atoms with Crippen molar-refractivity contribution in [2.45, 2.75) is 66.6 Å². The first-order valence-corrected chi connectivity index (χ1v) is 21.9. The van der Waals surface area contributed by atoms with Crippen molar-refractivity contribution >= 4 is 75.3 Å². The second-order valence-corrected chi connectivity index (χ2v) is 15.9. The van der Waals surface area contributed by atoms with Crippen LogP contribution >= 0.6 is 0 Å². The molecule has 0 saturated heterocycles. The minimum Gasteiger partial charge on any atom is -0.494 e. The van der Waals surface area contributed by atoms with Crippen molar-refractivity contribution in [1.29, 1.82) is 0 Å². The predicted octanol–water partition coefficient (Wildman–Crippen LogP) is 3.28. The molecule has 360 valence electrons. The van der Waals surface area contributed by atoms with E-state index in [4.69, 9.17) is 30.3 Å². The number of aryl methyl sites for hydroxylation is 4. The van der Waals surface area contributed by atoms with E-state index in [1.54, 1.807) is 52.9 Å². The van der Waals surface area contributed by atoms with Crippen LogP contribution in [0.25, 0.3) is 22.1 Å². The number of methoxy groups -OCH3 is 1. The van der Waals surface area contributed by atoms with Gasteiger partial charge in [0.1, 0.15) is 28.2 Å². The van der Waals surface area contributed by atoms with Gasteiger partial charge in [0, 0.05) is 76.4 Å². The Morgan fingerprint density at radius 1 is 0.812 bits per heavy atom. The predicted molar refractivity (Wildman–Crippen MR) is 250 cm³/mol. The number of aromatic nitrogens is 7. The summed E-state index contributed by atoms with van der Waals surface area (Å²) >= 11 is 0. The Morgan fingerprint density at radius 3 is 1.96 bits per heavy atom. The van der Waals surface area contributed by atoms with Gasteiger partial charge in [-0.3, -0.25) is 53.8 Å². The van der Waals surface area contributed by atoms with Crippen LogP contribution in [0.5, 0.6) is 11.5 Å². The van der Waals surface area contributed by atoms with Crippen LogP contribution in [-0.2, 0) is 40.4 Å². The number of oxazole rings is 1. The molecule has 7 rings (SSSR count). The number of amides is 7. The number of allylic oxidation sites excluding steroid dienone is 2. The third kappa shape index (κ3) is 10.4. The Bertz CT molecular complexity index is 3080. The van der Waals surface area contributed by atoms with Crippen molar-refractivity contribution in [3.63, 3.8) is 0 Å². The fourth-order valence-corrected chi connectivity index (χ4v) is 7.76. The molecule has 1 aliphatic heterocycles. The number of anilines is 2. The first-order chi connectivity index (χ1) is 33.0. The average molecular weight is 946 g/mol. The highest BCUT2D eigenvalue weighted by Gasteiger charge is 2.26. The van der Waals surface area contributed by atoms with Crippen LogP contribution in [0.1, 0.15) is 85.7 Å². The van der Waals surface area contributed by atoms with E-state index in [2.05, 4.69) is 25.7 Å². The van der Waals surface area contributed by atoms with Gasteiger partial charge in [0.15, 0.2) is 5.89 Å². The number of nitrogens with two attached hydrogens (primary N) is 2. The zero-order valence-corrected chi connectivity index (χ0v) is 38.8. The van der Waals surface area contributed by atoms with Gasteiger partial charge in [-0.15, -0.1) is 0 Å². The van der Waals surface area contributed by atoms with Crippen LogP contribution in [0.3, 0.4) is 0 Å². The molecule has 7 amide bonds. The molecule has 0 radical (unpaired) electrons. The monoisotopic (exact) mass is 945 g/mol. The Kier molecular flexibility index (Phi) is 14.3. The molecule has 69 heavy (non-hydrogen) atoms. The summed E-state index contributed by atoms with van der Waals surface area (Å²) in [5.74, 6) is -2.84. The number of nitrogens with one attached hydrogen (secondary N) is 2. The van der Waals surface area contributed by atoms with E-state index in [1.165, 1.54) is 36.3 Å². The molecule has 0 saturated carbocycles. The molecule has 1 aliphatic rings. The molecule has 0 atom stereocenters. The van der Waals surface area contributed by atoms with Gasteiger partial charge in [0.25, 0.3) is 23.6 Å². The lowest BCUT2D eigenvalue weighted by Crippen LogP contribution is -2.36. The van der Waals surface area contributed by atoms with E-state index in [9.17, 15) is 33.6 Å². The molecule has 0 spiro atoms. The summed E-state index contributed by atoms with van der Waals surface area (Å²) in [7, 11) is 3.03. The molecule has 23 heteroatoms. The van der Waals surface area contributed by atoms with Gasteiger partial charge < -0.3 is 39.4 Å². The molecule has 6 N–H and O–H groups in total. The van der Waals surface area contributed by atoms with Gasteiger partial charge in [0.2, 0.25) is 35.4 Å². The fraction of sp³-hybridized carbons (Fsp3) is 0.326. The zero-order valence-electron chi connectivity index (χ0n) is 38.8. The van der Waals surface area contributed by atoms with Crippen LogP contribution in [0.4, 0.5) is 11.9 Å². The highest BCUT2D eigenvalue weighted by Crippen LogP contribution is 2.33. The Labute approximate surface area is 394 Å². The number of rotatable bonds is 21. The van der Waals surface area contributed by atoms with E-state index < -0.39 is 35.4 Å². The second-order valence-electron chi connectivity index (χ2n) is 15.9. The van der Waals surface area contributed by atoms with Crippen molar-refractivity contribution in [2.24, 2.45) is 11.5 Å². The molecule has 23 nitrogen and oxygen atoms in total. The SMILES string of the molecule is CCc1nc(C)oc1C(=O)Nc1nc2cc(C(N)=O)cc(OCCCN(C)C(=O)CCN3C(=O)C=CC3=O)c2n1C/C=C/Cn1c(NC(=O)c2cc(C)nn2CC)nc2cc(C(N)=O)cc(OC)c21. The van der Waals surface area contributed by atoms with Crippen LogP contribution in [-0.4, -0.2) is 119 Å². The third-order valence-corrected chi connectivity index (χ3v) is 11.1. The summed E-state index contributed by atoms with van der Waals surface area (Å²) in [5, 5.41) is 10.1. The fourth-order valence-electron chi connectivity index (χ4n) is 7.76. The minimum absolute atomic E-state index is 0.000408. The van der Waals surface area contributed by atoms with Crippen LogP contribution < -0.4 is 31.6 Å². The topological polar surface area (TPSA) is 300 Å². The summed E-state index contributed by atoms with van der Waals surface area (Å²) in [6, 6.07) is 7.58. The molecule has 0 bridgehead atoms. The molecular weight excluding hydrogens is 895 g/mol. The maximum atomic E-state index is 13.8. The number of nitrogens with zero attached hydrogens (tertiary/aromatic N) is 9. The van der Waals surface area contributed by atoms with Gasteiger partial charge in [0.05, 0.1) is 36.1 Å². The molecule has 4 aromatic heterocycles. The number of carbonyl (C=O) groups excluding carboxylic acids is 7. The van der Waals surface area contributed by atoms with Crippen LogP contribution in [0.2, 0.25) is 0 Å². The number of fused-ring (bicyclic) bond motifs is 2. The molecule has 0 unspecified atom stereocenters. The number of benzene rings is 2. The van der Waals surface area contributed by atoms with Gasteiger partial charge in [-0.2, -0.15) is 5.10 Å². The third-order valence-electron chi connectivity index (χ3n) is 11.1. The van der Waals surface area contributed by atoms with Gasteiger partial charge >= 0.3 is 0 Å². The maximum absolute atomic E-state index is 13.8. The van der Waals surface area contributed by atoms with Gasteiger partial charge in [-0.25, -0.2) is 15.0 Å². The zero-order chi connectivity index (χ0) is 49.7. The standard InChI is InChI=1S/C46H51N13O10/c1-7-29-40(69-26(4)49-29)44(66)53-46-51-31-22-28(42(48)64)24-34(68-19-11-15-55(5)35(60)14-18-56-36(61)12-13-37(56)62)39(31)58(46)17-10-9-16-57-38-30(21-27(41(47)63)23-33(38)67-6)50-45(57)52-43(65)32-20-25(3)54-59(32)8-2/h9-10,12-13,20-24H,7-8,11,14-19H2,1-6H3,(H2,47,63)(H2,48,64)(H,50,52,65)(H,51,53,66)/b10-9+. The first-order valence-electron chi connectivity index (χ1n) is 21.9. The average Bonchev–Trinajstić information content (AvgIpc) is 4.14. The Morgan fingerprint density at radius 2 is 1.39 bits per heavy atom. The quantitative estimate of drug-likeness (QED) is 0.0458. The van der Waals surface area contributed by atoms with Crippen molar-refractivity contribution in [1.82, 2.24) is 43.7 Å². The molecule has 5 heterocycles. The highest BCUT2D eigenvalue weighted by molar-refractivity contribution is 6.13. The van der Waals surface area contributed by atoms with Crippen LogP contribution in [0.15, 0.2) is 59.1 Å². The number of imide groups is 1. The molecule has 6 aromatic rings. The molecule has 0 fully saturated rings. The maximum Gasteiger partial charge on any atom is 0.295 e. The summed E-state index contributed by atoms with van der Waals surface area (Å²) in [4.78, 5) is 105. The largest absolute Gasteiger partial charge is 0.494 e. The number of hydrogen-bond donors (Lipinski definition) is 4. The summed E-state index contributed by atoms with van der Waals surface area (Å²) in [6.45, 7) is 7.95. The number of hydrogen-bond acceptors (Lipinski definition) is 14. The lowest BCUT2D eigenvalue weighted by atomic mass is 10.1. The first kappa shape index (κ1) is 48.3. The smallest absolute Gasteiger partial charge is 0.295 e. The van der Waals surface area contributed by atoms with Crippen molar-refractivity contribution in [3.05, 3.63) is 94.5 Å². The molecule has 0 aliphatic carbocycles. The molecular formula is C46H51N13O10. The van der Waals surface area contributed by atoms with Crippen LogP contribution in [0, 0.1) is 13.8 Å². The number of primary amides is 2. The van der Waals surface area contributed by atoms with E-state index in [0.717, 1.165) is 17.1 Å². The number of carbonyl (C=O) groups is 7. The normalized spacial score (nSPS) is 12.5. The number of ether oxygens (including phenoxy) is 2. The van der Waals surface area contributed by atoms with Crippen molar-refractivity contribution in [3.8, 4) is 11.5 Å². The lowest BCUT2D eigenvalue weighted by molar-refractivity contribution is -0.138. The van der Waals surface area contributed by atoms with Gasteiger partial charge in [-0.05, 0) is 57.0 Å². The van der Waals surface area contributed by atoms with E-state index >= 15 is 0 Å². The minimum atomic E-state index is -0.759. The Balaban J connectivity index is 1.20. The van der Waals surface area contributed by atoms with E-state index in [0.29, 0.717) is 58.9 Å². The second kappa shape index (κ2) is 20.5. The van der Waals surface area contributed by atoms with E-state index in [1.807, 2.05) is 13.8 Å². The van der Waals surface area contributed by atoms with Crippen molar-refractivity contribution < 1.29 is 47.5 Å². The summed E-state index contributed by atoms with van der Waals surface area (Å²) < 4.78 is 22.6. The highest BCUT2D eigenvalue weighted by atomic mass is 16.5. The molecule has 2 aromatic carbocycles. The number of imidazole rings is 2. The summed E-state index contributed by atoms with van der Waals surface area (Å²) in [5.41, 5.74) is 14.4. The summed E-state index contributed by atoms with van der Waals surface area (Å²) in [6.07, 6.45) is 6.56. The van der Waals surface area contributed by atoms with E-state index in [-0.39, 0.29) is 90.9 Å².